The summed E-state index contributed by atoms with van der Waals surface area (Å²) in [5, 5.41) is 4.07. The molecule has 0 aliphatic carbocycles. The predicted molar refractivity (Wildman–Crippen MR) is 81.1 cm³/mol. The van der Waals surface area contributed by atoms with Crippen LogP contribution in [-0.4, -0.2) is 26.3 Å². The van der Waals surface area contributed by atoms with E-state index in [1.54, 1.807) is 0 Å². The van der Waals surface area contributed by atoms with E-state index in [9.17, 15) is 0 Å². The molecule has 4 heteroatoms. The van der Waals surface area contributed by atoms with Crippen molar-refractivity contribution in [3.63, 3.8) is 0 Å². The van der Waals surface area contributed by atoms with E-state index in [0.717, 1.165) is 31.7 Å². The van der Waals surface area contributed by atoms with Gasteiger partial charge in [0, 0.05) is 5.41 Å². The summed E-state index contributed by atoms with van der Waals surface area (Å²) in [5.74, 6) is 2.07. The highest BCUT2D eigenvalue weighted by atomic mass is 35.5. The van der Waals surface area contributed by atoms with Crippen LogP contribution >= 0.6 is 11.6 Å². The third-order valence-electron chi connectivity index (χ3n) is 4.07. The smallest absolute Gasteiger partial charge is 0.179 e. The Morgan fingerprint density at radius 2 is 1.85 bits per heavy atom. The van der Waals surface area contributed by atoms with Crippen molar-refractivity contribution >= 4 is 11.6 Å². The Morgan fingerprint density at radius 1 is 1.15 bits per heavy atom. The van der Waals surface area contributed by atoms with Gasteiger partial charge < -0.3 is 14.8 Å². The third-order valence-corrected chi connectivity index (χ3v) is 4.35. The van der Waals surface area contributed by atoms with Gasteiger partial charge in [-0.3, -0.25) is 0 Å². The van der Waals surface area contributed by atoms with Gasteiger partial charge in [-0.15, -0.1) is 0 Å². The molecule has 0 unspecified atom stereocenters. The fourth-order valence-electron chi connectivity index (χ4n) is 2.81. The molecule has 3 nitrogen and oxygen atoms in total. The normalized spacial score (nSPS) is 22.4. The fourth-order valence-corrected chi connectivity index (χ4v) is 3.08. The number of rotatable bonds is 1. The van der Waals surface area contributed by atoms with E-state index in [-0.39, 0.29) is 5.41 Å². The molecule has 0 atom stereocenters. The SMILES string of the molecule is CC1(C)COc2cc(C3CCNCC3)cc(Cl)c2OC1. The van der Waals surface area contributed by atoms with Crippen molar-refractivity contribution in [1.82, 2.24) is 5.32 Å². The van der Waals surface area contributed by atoms with Crippen LogP contribution in [0.4, 0.5) is 0 Å². The Kier molecular flexibility index (Phi) is 3.83. The first-order chi connectivity index (χ1) is 9.55. The maximum absolute atomic E-state index is 6.41. The predicted octanol–water partition coefficient (Wildman–Crippen LogP) is 3.60. The molecule has 0 radical (unpaired) electrons. The van der Waals surface area contributed by atoms with Crippen molar-refractivity contribution in [2.45, 2.75) is 32.6 Å². The summed E-state index contributed by atoms with van der Waals surface area (Å²) in [7, 11) is 0. The van der Waals surface area contributed by atoms with E-state index in [1.807, 2.05) is 0 Å². The average molecular weight is 296 g/mol. The first-order valence-corrected chi connectivity index (χ1v) is 7.73. The van der Waals surface area contributed by atoms with Crippen molar-refractivity contribution in [2.24, 2.45) is 5.41 Å². The van der Waals surface area contributed by atoms with Gasteiger partial charge in [-0.05, 0) is 49.5 Å². The molecule has 1 fully saturated rings. The molecule has 1 aromatic rings. The number of halogens is 1. The maximum Gasteiger partial charge on any atom is 0.179 e. The zero-order chi connectivity index (χ0) is 14.2. The number of hydrogen-bond acceptors (Lipinski definition) is 3. The lowest BCUT2D eigenvalue weighted by Gasteiger charge is -2.24. The highest BCUT2D eigenvalue weighted by Crippen LogP contribution is 2.42. The molecule has 1 N–H and O–H groups in total. The molecule has 2 heterocycles. The Labute approximate surface area is 125 Å². The zero-order valence-electron chi connectivity index (χ0n) is 12.2. The van der Waals surface area contributed by atoms with Crippen LogP contribution < -0.4 is 14.8 Å². The number of piperidine rings is 1. The van der Waals surface area contributed by atoms with Gasteiger partial charge in [-0.1, -0.05) is 25.4 Å². The molecule has 0 amide bonds. The number of hydrogen-bond donors (Lipinski definition) is 1. The summed E-state index contributed by atoms with van der Waals surface area (Å²) in [6.45, 7) is 7.72. The average Bonchev–Trinajstić information content (AvgIpc) is 2.59. The minimum Gasteiger partial charge on any atom is -0.489 e. The van der Waals surface area contributed by atoms with E-state index in [1.165, 1.54) is 5.56 Å². The van der Waals surface area contributed by atoms with E-state index >= 15 is 0 Å². The second-order valence-corrected chi connectivity index (χ2v) is 7.00. The number of nitrogens with one attached hydrogen (secondary N) is 1. The van der Waals surface area contributed by atoms with Crippen LogP contribution in [0, 0.1) is 5.41 Å². The maximum atomic E-state index is 6.41. The zero-order valence-corrected chi connectivity index (χ0v) is 12.9. The number of ether oxygens (including phenoxy) is 2. The van der Waals surface area contributed by atoms with Gasteiger partial charge in [-0.2, -0.15) is 0 Å². The largest absolute Gasteiger partial charge is 0.489 e. The molecule has 3 rings (SSSR count). The van der Waals surface area contributed by atoms with Gasteiger partial charge in [0.2, 0.25) is 0 Å². The van der Waals surface area contributed by atoms with Crippen LogP contribution in [0.3, 0.4) is 0 Å². The molecule has 2 aliphatic rings. The number of benzene rings is 1. The molecule has 0 bridgehead atoms. The molecular weight excluding hydrogens is 274 g/mol. The Hall–Kier alpha value is -0.930. The highest BCUT2D eigenvalue weighted by molar-refractivity contribution is 6.32. The van der Waals surface area contributed by atoms with Gasteiger partial charge in [0.1, 0.15) is 0 Å². The molecule has 0 aromatic heterocycles. The quantitative estimate of drug-likeness (QED) is 0.858. The molecule has 0 saturated carbocycles. The summed E-state index contributed by atoms with van der Waals surface area (Å²) >= 11 is 6.41. The van der Waals surface area contributed by atoms with E-state index < -0.39 is 0 Å². The molecular formula is C16H22ClNO2. The monoisotopic (exact) mass is 295 g/mol. The summed E-state index contributed by atoms with van der Waals surface area (Å²) in [6.07, 6.45) is 2.31. The molecule has 2 aliphatic heterocycles. The van der Waals surface area contributed by atoms with Crippen LogP contribution in [0.5, 0.6) is 11.5 Å². The van der Waals surface area contributed by atoms with Crippen LogP contribution in [0.2, 0.25) is 5.02 Å². The first kappa shape index (κ1) is 14.0. The molecule has 1 saturated heterocycles. The van der Waals surface area contributed by atoms with E-state index in [2.05, 4.69) is 31.3 Å². The van der Waals surface area contributed by atoms with Gasteiger partial charge >= 0.3 is 0 Å². The highest BCUT2D eigenvalue weighted by Gasteiger charge is 2.28. The second-order valence-electron chi connectivity index (χ2n) is 6.60. The minimum absolute atomic E-state index is 0.0112. The second kappa shape index (κ2) is 5.45. The Balaban J connectivity index is 1.90. The summed E-state index contributed by atoms with van der Waals surface area (Å²) in [4.78, 5) is 0. The van der Waals surface area contributed by atoms with Crippen molar-refractivity contribution in [3.8, 4) is 11.5 Å². The lowest BCUT2D eigenvalue weighted by Crippen LogP contribution is -2.26. The van der Waals surface area contributed by atoms with Gasteiger partial charge in [0.15, 0.2) is 11.5 Å². The van der Waals surface area contributed by atoms with Crippen LogP contribution in [0.15, 0.2) is 12.1 Å². The summed E-state index contributed by atoms with van der Waals surface area (Å²) in [6, 6.07) is 4.18. The molecule has 1 aromatic carbocycles. The van der Waals surface area contributed by atoms with Crippen molar-refractivity contribution in [1.29, 1.82) is 0 Å². The van der Waals surface area contributed by atoms with Gasteiger partial charge in [-0.25, -0.2) is 0 Å². The van der Waals surface area contributed by atoms with Crippen LogP contribution in [0.1, 0.15) is 38.2 Å². The van der Waals surface area contributed by atoms with E-state index in [0.29, 0.717) is 29.9 Å². The topological polar surface area (TPSA) is 30.5 Å². The standard InChI is InChI=1S/C16H22ClNO2/c1-16(2)9-19-14-8-12(11-3-5-18-6-4-11)7-13(17)15(14)20-10-16/h7-8,11,18H,3-6,9-10H2,1-2H3. The minimum atomic E-state index is 0.0112. The lowest BCUT2D eigenvalue weighted by atomic mass is 9.90. The van der Waals surface area contributed by atoms with Gasteiger partial charge in [0.25, 0.3) is 0 Å². The molecule has 0 spiro atoms. The van der Waals surface area contributed by atoms with Crippen molar-refractivity contribution in [3.05, 3.63) is 22.7 Å². The van der Waals surface area contributed by atoms with Crippen LogP contribution in [0.25, 0.3) is 0 Å². The first-order valence-electron chi connectivity index (χ1n) is 7.35. The van der Waals surface area contributed by atoms with Crippen molar-refractivity contribution < 1.29 is 9.47 Å². The van der Waals surface area contributed by atoms with Crippen molar-refractivity contribution in [2.75, 3.05) is 26.3 Å². The molecule has 20 heavy (non-hydrogen) atoms. The lowest BCUT2D eigenvalue weighted by molar-refractivity contribution is 0.140. The molecule has 110 valence electrons. The van der Waals surface area contributed by atoms with Crippen LogP contribution in [-0.2, 0) is 0 Å². The summed E-state index contributed by atoms with van der Waals surface area (Å²) in [5.41, 5.74) is 1.29. The Bertz CT molecular complexity index is 495. The third kappa shape index (κ3) is 2.89. The fraction of sp³-hybridized carbons (Fsp3) is 0.625. The summed E-state index contributed by atoms with van der Waals surface area (Å²) < 4.78 is 11.8. The Morgan fingerprint density at radius 3 is 2.60 bits per heavy atom. The number of fused-ring (bicyclic) bond motifs is 1. The van der Waals surface area contributed by atoms with E-state index in [4.69, 9.17) is 21.1 Å². The van der Waals surface area contributed by atoms with Gasteiger partial charge in [0.05, 0.1) is 18.2 Å².